The van der Waals surface area contributed by atoms with Gasteiger partial charge >= 0.3 is 0 Å². The zero-order chi connectivity index (χ0) is 19.9. The molecule has 146 valence electrons. The molecule has 0 spiro atoms. The molecular weight excluding hydrogens is 352 g/mol. The van der Waals surface area contributed by atoms with E-state index in [0.717, 1.165) is 35.3 Å². The Hall–Kier alpha value is -3.28. The van der Waals surface area contributed by atoms with E-state index in [1.165, 1.54) is 0 Å². The van der Waals surface area contributed by atoms with E-state index in [4.69, 9.17) is 9.47 Å². The van der Waals surface area contributed by atoms with Crippen molar-refractivity contribution in [2.45, 2.75) is 20.4 Å². The second kappa shape index (κ2) is 9.08. The van der Waals surface area contributed by atoms with Gasteiger partial charge in [-0.2, -0.15) is 0 Å². The van der Waals surface area contributed by atoms with Crippen molar-refractivity contribution in [3.8, 4) is 11.5 Å². The SMILES string of the molecule is CCN(c1ccccc1)c1cc(NCc2ccc(OC)c(OC)c2)nc(C)n1. The molecule has 0 aliphatic carbocycles. The van der Waals surface area contributed by atoms with Crippen molar-refractivity contribution in [3.05, 3.63) is 66.0 Å². The van der Waals surface area contributed by atoms with Crippen LogP contribution in [0, 0.1) is 6.92 Å². The minimum Gasteiger partial charge on any atom is -0.493 e. The van der Waals surface area contributed by atoms with E-state index in [-0.39, 0.29) is 0 Å². The average molecular weight is 378 g/mol. The molecule has 1 heterocycles. The quantitative estimate of drug-likeness (QED) is 0.619. The summed E-state index contributed by atoms with van der Waals surface area (Å²) in [5.41, 5.74) is 2.18. The summed E-state index contributed by atoms with van der Waals surface area (Å²) in [6, 6.07) is 18.1. The Morgan fingerprint density at radius 1 is 0.929 bits per heavy atom. The van der Waals surface area contributed by atoms with Gasteiger partial charge in [0, 0.05) is 24.8 Å². The van der Waals surface area contributed by atoms with Crippen molar-refractivity contribution >= 4 is 17.3 Å². The number of methoxy groups -OCH3 is 2. The zero-order valence-corrected chi connectivity index (χ0v) is 16.8. The third-order valence-corrected chi connectivity index (χ3v) is 4.41. The summed E-state index contributed by atoms with van der Waals surface area (Å²) >= 11 is 0. The second-order valence-corrected chi connectivity index (χ2v) is 6.28. The molecule has 28 heavy (non-hydrogen) atoms. The smallest absolute Gasteiger partial charge is 0.161 e. The summed E-state index contributed by atoms with van der Waals surface area (Å²) in [7, 11) is 3.27. The number of rotatable bonds is 8. The van der Waals surface area contributed by atoms with Crippen LogP contribution >= 0.6 is 0 Å². The van der Waals surface area contributed by atoms with E-state index >= 15 is 0 Å². The molecule has 0 radical (unpaired) electrons. The van der Waals surface area contributed by atoms with E-state index in [0.29, 0.717) is 18.0 Å². The minimum atomic E-state index is 0.619. The number of hydrogen-bond donors (Lipinski definition) is 1. The lowest BCUT2D eigenvalue weighted by molar-refractivity contribution is 0.354. The first-order chi connectivity index (χ1) is 13.6. The first kappa shape index (κ1) is 19.5. The maximum Gasteiger partial charge on any atom is 0.161 e. The van der Waals surface area contributed by atoms with Crippen molar-refractivity contribution in [3.63, 3.8) is 0 Å². The zero-order valence-electron chi connectivity index (χ0n) is 16.8. The van der Waals surface area contributed by atoms with Crippen LogP contribution in [-0.2, 0) is 6.54 Å². The van der Waals surface area contributed by atoms with Crippen LogP contribution in [0.2, 0.25) is 0 Å². The number of nitrogens with one attached hydrogen (secondary N) is 1. The number of aryl methyl sites for hydroxylation is 1. The van der Waals surface area contributed by atoms with Gasteiger partial charge in [-0.3, -0.25) is 0 Å². The van der Waals surface area contributed by atoms with Crippen LogP contribution in [0.5, 0.6) is 11.5 Å². The fourth-order valence-corrected chi connectivity index (χ4v) is 3.05. The molecule has 0 aliphatic rings. The Labute approximate surface area is 166 Å². The summed E-state index contributed by atoms with van der Waals surface area (Å²) in [6.45, 7) is 5.45. The number of hydrogen-bond acceptors (Lipinski definition) is 6. The van der Waals surface area contributed by atoms with Gasteiger partial charge in [-0.1, -0.05) is 24.3 Å². The molecule has 0 aliphatic heterocycles. The number of anilines is 3. The van der Waals surface area contributed by atoms with Gasteiger partial charge in [0.25, 0.3) is 0 Å². The Balaban J connectivity index is 1.80. The molecular formula is C22H26N4O2. The molecule has 0 saturated heterocycles. The number of para-hydroxylation sites is 1. The van der Waals surface area contributed by atoms with Crippen molar-refractivity contribution in [2.75, 3.05) is 31.0 Å². The van der Waals surface area contributed by atoms with Gasteiger partial charge in [0.1, 0.15) is 17.5 Å². The minimum absolute atomic E-state index is 0.619. The third-order valence-electron chi connectivity index (χ3n) is 4.41. The number of ether oxygens (including phenoxy) is 2. The Bertz CT molecular complexity index is 916. The summed E-state index contributed by atoms with van der Waals surface area (Å²) in [5, 5.41) is 3.39. The summed E-state index contributed by atoms with van der Waals surface area (Å²) < 4.78 is 10.7. The van der Waals surface area contributed by atoms with E-state index in [2.05, 4.69) is 39.2 Å². The third kappa shape index (κ3) is 4.52. The monoisotopic (exact) mass is 378 g/mol. The van der Waals surface area contributed by atoms with Gasteiger partial charge in [0.15, 0.2) is 11.5 Å². The summed E-state index contributed by atoms with van der Waals surface area (Å²) in [6.07, 6.45) is 0. The molecule has 0 fully saturated rings. The highest BCUT2D eigenvalue weighted by Gasteiger charge is 2.11. The predicted octanol–water partition coefficient (Wildman–Crippen LogP) is 4.57. The largest absolute Gasteiger partial charge is 0.493 e. The van der Waals surface area contributed by atoms with Gasteiger partial charge in [-0.25, -0.2) is 9.97 Å². The highest BCUT2D eigenvalue weighted by Crippen LogP contribution is 2.28. The van der Waals surface area contributed by atoms with Crippen LogP contribution in [0.15, 0.2) is 54.6 Å². The van der Waals surface area contributed by atoms with Crippen LogP contribution in [0.25, 0.3) is 0 Å². The Morgan fingerprint density at radius 3 is 2.36 bits per heavy atom. The molecule has 2 aromatic carbocycles. The molecule has 1 aromatic heterocycles. The lowest BCUT2D eigenvalue weighted by Crippen LogP contribution is -2.18. The molecule has 3 rings (SSSR count). The fraction of sp³-hybridized carbons (Fsp3) is 0.273. The van der Waals surface area contributed by atoms with Crippen molar-refractivity contribution < 1.29 is 9.47 Å². The number of benzene rings is 2. The predicted molar refractivity (Wildman–Crippen MR) is 113 cm³/mol. The van der Waals surface area contributed by atoms with Crippen molar-refractivity contribution in [2.24, 2.45) is 0 Å². The van der Waals surface area contributed by atoms with E-state index in [1.54, 1.807) is 14.2 Å². The Morgan fingerprint density at radius 2 is 1.68 bits per heavy atom. The molecule has 3 aromatic rings. The van der Waals surface area contributed by atoms with Gasteiger partial charge in [0.05, 0.1) is 14.2 Å². The lowest BCUT2D eigenvalue weighted by Gasteiger charge is -2.23. The summed E-state index contributed by atoms with van der Waals surface area (Å²) in [5.74, 6) is 3.81. The van der Waals surface area contributed by atoms with Crippen molar-refractivity contribution in [1.82, 2.24) is 9.97 Å². The number of nitrogens with zero attached hydrogens (tertiary/aromatic N) is 3. The molecule has 0 bridgehead atoms. The standard InChI is InChI=1S/C22H26N4O2/c1-5-26(18-9-7-6-8-10-18)22-14-21(24-16(2)25-22)23-15-17-11-12-19(27-3)20(13-17)28-4/h6-14H,5,15H2,1-4H3,(H,23,24,25). The lowest BCUT2D eigenvalue weighted by atomic mass is 10.2. The molecule has 6 nitrogen and oxygen atoms in total. The maximum absolute atomic E-state index is 5.38. The van der Waals surface area contributed by atoms with Crippen LogP contribution < -0.4 is 19.7 Å². The van der Waals surface area contributed by atoms with Gasteiger partial charge in [0.2, 0.25) is 0 Å². The van der Waals surface area contributed by atoms with Crippen LogP contribution in [0.4, 0.5) is 17.3 Å². The first-order valence-electron chi connectivity index (χ1n) is 9.27. The highest BCUT2D eigenvalue weighted by molar-refractivity contribution is 5.62. The maximum atomic E-state index is 5.38. The van der Waals surface area contributed by atoms with E-state index < -0.39 is 0 Å². The van der Waals surface area contributed by atoms with Gasteiger partial charge < -0.3 is 19.7 Å². The van der Waals surface area contributed by atoms with Crippen molar-refractivity contribution in [1.29, 1.82) is 0 Å². The van der Waals surface area contributed by atoms with E-state index in [1.807, 2.05) is 49.4 Å². The molecule has 6 heteroatoms. The van der Waals surface area contributed by atoms with Crippen LogP contribution in [0.1, 0.15) is 18.3 Å². The fourth-order valence-electron chi connectivity index (χ4n) is 3.05. The topological polar surface area (TPSA) is 59.5 Å². The molecule has 0 saturated carbocycles. The Kier molecular flexibility index (Phi) is 6.32. The van der Waals surface area contributed by atoms with Crippen LogP contribution in [-0.4, -0.2) is 30.7 Å². The normalized spacial score (nSPS) is 10.4. The first-order valence-corrected chi connectivity index (χ1v) is 9.27. The molecule has 0 unspecified atom stereocenters. The number of aromatic nitrogens is 2. The summed E-state index contributed by atoms with van der Waals surface area (Å²) in [4.78, 5) is 11.3. The molecule has 0 atom stereocenters. The molecule has 1 N–H and O–H groups in total. The molecule has 0 amide bonds. The second-order valence-electron chi connectivity index (χ2n) is 6.28. The van der Waals surface area contributed by atoms with E-state index in [9.17, 15) is 0 Å². The van der Waals surface area contributed by atoms with Crippen LogP contribution in [0.3, 0.4) is 0 Å². The average Bonchev–Trinajstić information content (AvgIpc) is 2.73. The highest BCUT2D eigenvalue weighted by atomic mass is 16.5. The van der Waals surface area contributed by atoms with Gasteiger partial charge in [-0.15, -0.1) is 0 Å². The van der Waals surface area contributed by atoms with Gasteiger partial charge in [-0.05, 0) is 43.7 Å².